The first kappa shape index (κ1) is 13.5. The van der Waals surface area contributed by atoms with Crippen LogP contribution in [0.3, 0.4) is 0 Å². The quantitative estimate of drug-likeness (QED) is 0.881. The molecule has 2 nitrogen and oxygen atoms in total. The third-order valence-corrected chi connectivity index (χ3v) is 4.40. The topological polar surface area (TPSA) is 24.9 Å². The average Bonchev–Trinajstić information content (AvgIpc) is 2.69. The molecule has 0 bridgehead atoms. The fourth-order valence-corrected chi connectivity index (χ4v) is 2.86. The number of aromatic nitrogens is 1. The Morgan fingerprint density at radius 2 is 2.17 bits per heavy atom. The van der Waals surface area contributed by atoms with E-state index in [1.807, 2.05) is 0 Å². The molecule has 18 heavy (non-hydrogen) atoms. The lowest BCUT2D eigenvalue weighted by molar-refractivity contribution is 0.332. The van der Waals surface area contributed by atoms with Gasteiger partial charge in [0, 0.05) is 12.1 Å². The van der Waals surface area contributed by atoms with Crippen molar-refractivity contribution < 1.29 is 4.39 Å². The summed E-state index contributed by atoms with van der Waals surface area (Å²) in [6.07, 6.45) is 4.82. The first-order valence-electron chi connectivity index (χ1n) is 6.99. The second-order valence-corrected chi connectivity index (χ2v) is 5.55. The van der Waals surface area contributed by atoms with Crippen molar-refractivity contribution in [2.24, 2.45) is 11.8 Å². The van der Waals surface area contributed by atoms with Gasteiger partial charge in [0.05, 0.1) is 11.9 Å². The summed E-state index contributed by atoms with van der Waals surface area (Å²) in [4.78, 5) is 4.20. The van der Waals surface area contributed by atoms with Gasteiger partial charge in [-0.15, -0.1) is 0 Å². The predicted molar refractivity (Wildman–Crippen MR) is 71.7 cm³/mol. The molecule has 1 heterocycles. The molecule has 1 aliphatic carbocycles. The van der Waals surface area contributed by atoms with Crippen LogP contribution < -0.4 is 5.32 Å². The zero-order valence-electron chi connectivity index (χ0n) is 11.5. The monoisotopic (exact) mass is 250 g/mol. The molecule has 1 aromatic heterocycles. The maximum Gasteiger partial charge on any atom is 0.141 e. The Balaban J connectivity index is 2.03. The normalized spacial score (nSPS) is 29.4. The summed E-state index contributed by atoms with van der Waals surface area (Å²) < 4.78 is 12.9. The smallest absolute Gasteiger partial charge is 0.141 e. The van der Waals surface area contributed by atoms with Gasteiger partial charge < -0.3 is 5.32 Å². The Morgan fingerprint density at radius 1 is 1.39 bits per heavy atom. The highest BCUT2D eigenvalue weighted by Crippen LogP contribution is 2.32. The van der Waals surface area contributed by atoms with Gasteiger partial charge in [0.15, 0.2) is 0 Å². The Hall–Kier alpha value is -0.960. The Morgan fingerprint density at radius 3 is 2.67 bits per heavy atom. The van der Waals surface area contributed by atoms with Gasteiger partial charge in [-0.3, -0.25) is 4.98 Å². The number of rotatable bonds is 4. The molecule has 100 valence electrons. The van der Waals surface area contributed by atoms with E-state index in [1.165, 1.54) is 25.1 Å². The van der Waals surface area contributed by atoms with Gasteiger partial charge in [0.25, 0.3) is 0 Å². The second-order valence-electron chi connectivity index (χ2n) is 5.55. The first-order valence-corrected chi connectivity index (χ1v) is 6.99. The molecule has 1 N–H and O–H groups in total. The van der Waals surface area contributed by atoms with Crippen LogP contribution in [0.2, 0.25) is 0 Å². The maximum atomic E-state index is 12.9. The molecule has 4 atom stereocenters. The van der Waals surface area contributed by atoms with E-state index in [2.05, 4.69) is 31.1 Å². The number of hydrogen-bond acceptors (Lipinski definition) is 2. The molecule has 0 aromatic carbocycles. The van der Waals surface area contributed by atoms with E-state index in [1.54, 1.807) is 6.07 Å². The summed E-state index contributed by atoms with van der Waals surface area (Å²) in [7, 11) is 0. The summed E-state index contributed by atoms with van der Waals surface area (Å²) >= 11 is 0. The van der Waals surface area contributed by atoms with Gasteiger partial charge in [-0.25, -0.2) is 4.39 Å². The molecule has 1 aromatic rings. The number of nitrogens with zero attached hydrogens (tertiary/aromatic N) is 1. The largest absolute Gasteiger partial charge is 0.306 e. The minimum absolute atomic E-state index is 0.239. The molecule has 0 radical (unpaired) electrons. The number of nitrogens with one attached hydrogen (secondary N) is 1. The summed E-state index contributed by atoms with van der Waals surface area (Å²) in [6.45, 7) is 6.79. The van der Waals surface area contributed by atoms with Crippen LogP contribution in [0.4, 0.5) is 4.39 Å². The van der Waals surface area contributed by atoms with E-state index in [-0.39, 0.29) is 11.9 Å². The van der Waals surface area contributed by atoms with Crippen molar-refractivity contribution in [2.45, 2.75) is 52.1 Å². The summed E-state index contributed by atoms with van der Waals surface area (Å²) in [6, 6.07) is 4.09. The zero-order valence-corrected chi connectivity index (χ0v) is 11.5. The molecule has 1 aliphatic rings. The van der Waals surface area contributed by atoms with Crippen LogP contribution in [0, 0.1) is 17.7 Å². The van der Waals surface area contributed by atoms with E-state index in [0.717, 1.165) is 18.0 Å². The third-order valence-electron chi connectivity index (χ3n) is 4.40. The maximum absolute atomic E-state index is 12.9. The summed E-state index contributed by atoms with van der Waals surface area (Å²) in [5, 5.41) is 3.70. The number of hydrogen-bond donors (Lipinski definition) is 1. The molecule has 2 rings (SSSR count). The van der Waals surface area contributed by atoms with E-state index in [4.69, 9.17) is 0 Å². The minimum atomic E-state index is -0.267. The van der Waals surface area contributed by atoms with Crippen LogP contribution in [0.5, 0.6) is 0 Å². The SMILES string of the molecule is CCC(NC1CCC(C)C1C)c1ccc(F)cn1. The van der Waals surface area contributed by atoms with Crippen molar-refractivity contribution in [1.82, 2.24) is 10.3 Å². The molecular formula is C15H23FN2. The molecule has 0 aliphatic heterocycles. The fraction of sp³-hybridized carbons (Fsp3) is 0.667. The van der Waals surface area contributed by atoms with Gasteiger partial charge in [0.2, 0.25) is 0 Å². The highest BCUT2D eigenvalue weighted by molar-refractivity contribution is 5.10. The van der Waals surface area contributed by atoms with E-state index in [9.17, 15) is 4.39 Å². The van der Waals surface area contributed by atoms with Gasteiger partial charge >= 0.3 is 0 Å². The lowest BCUT2D eigenvalue weighted by Gasteiger charge is -2.25. The van der Waals surface area contributed by atoms with Crippen molar-refractivity contribution in [1.29, 1.82) is 0 Å². The summed E-state index contributed by atoms with van der Waals surface area (Å²) in [5.41, 5.74) is 0.950. The number of pyridine rings is 1. The summed E-state index contributed by atoms with van der Waals surface area (Å²) in [5.74, 6) is 1.23. The van der Waals surface area contributed by atoms with Crippen LogP contribution in [0.25, 0.3) is 0 Å². The molecule has 4 unspecified atom stereocenters. The van der Waals surface area contributed by atoms with E-state index >= 15 is 0 Å². The Kier molecular flexibility index (Phi) is 4.33. The van der Waals surface area contributed by atoms with Gasteiger partial charge in [-0.1, -0.05) is 20.8 Å². The van der Waals surface area contributed by atoms with Crippen molar-refractivity contribution in [3.63, 3.8) is 0 Å². The molecular weight excluding hydrogens is 227 g/mol. The van der Waals surface area contributed by atoms with Crippen LogP contribution in [0.15, 0.2) is 18.3 Å². The van der Waals surface area contributed by atoms with Crippen LogP contribution in [0.1, 0.15) is 51.8 Å². The zero-order chi connectivity index (χ0) is 13.1. The molecule has 1 fully saturated rings. The highest BCUT2D eigenvalue weighted by Gasteiger charge is 2.31. The Labute approximate surface area is 109 Å². The van der Waals surface area contributed by atoms with Crippen LogP contribution >= 0.6 is 0 Å². The molecule has 0 amide bonds. The lowest BCUT2D eigenvalue weighted by Crippen LogP contribution is -2.35. The van der Waals surface area contributed by atoms with Crippen molar-refractivity contribution in [3.05, 3.63) is 29.8 Å². The van der Waals surface area contributed by atoms with Gasteiger partial charge in [-0.05, 0) is 43.2 Å². The first-order chi connectivity index (χ1) is 8.61. The number of halogens is 1. The second kappa shape index (κ2) is 5.79. The molecule has 1 saturated carbocycles. The fourth-order valence-electron chi connectivity index (χ4n) is 2.86. The minimum Gasteiger partial charge on any atom is -0.306 e. The van der Waals surface area contributed by atoms with Gasteiger partial charge in [0.1, 0.15) is 5.82 Å². The van der Waals surface area contributed by atoms with Crippen LogP contribution in [-0.4, -0.2) is 11.0 Å². The standard InChI is InChI=1S/C15H23FN2/c1-4-13(15-8-6-12(16)9-17-15)18-14-7-5-10(2)11(14)3/h6,8-11,13-14,18H,4-5,7H2,1-3H3. The highest BCUT2D eigenvalue weighted by atomic mass is 19.1. The van der Waals surface area contributed by atoms with E-state index < -0.39 is 0 Å². The van der Waals surface area contributed by atoms with Crippen molar-refractivity contribution >= 4 is 0 Å². The van der Waals surface area contributed by atoms with E-state index in [0.29, 0.717) is 12.0 Å². The lowest BCUT2D eigenvalue weighted by atomic mass is 9.96. The predicted octanol–water partition coefficient (Wildman–Crippen LogP) is 3.70. The molecule has 0 saturated heterocycles. The Bertz CT molecular complexity index is 377. The third kappa shape index (κ3) is 2.89. The van der Waals surface area contributed by atoms with Crippen molar-refractivity contribution in [2.75, 3.05) is 0 Å². The van der Waals surface area contributed by atoms with Crippen molar-refractivity contribution in [3.8, 4) is 0 Å². The average molecular weight is 250 g/mol. The van der Waals surface area contributed by atoms with Gasteiger partial charge in [-0.2, -0.15) is 0 Å². The van der Waals surface area contributed by atoms with Crippen LogP contribution in [-0.2, 0) is 0 Å². The molecule has 3 heteroatoms. The molecule has 0 spiro atoms.